The van der Waals surface area contributed by atoms with E-state index < -0.39 is 9.84 Å². The molecule has 0 aliphatic carbocycles. The fourth-order valence-electron chi connectivity index (χ4n) is 1.25. The van der Waals surface area contributed by atoms with Gasteiger partial charge in [-0.05, 0) is 18.2 Å². The molecule has 18 heavy (non-hydrogen) atoms. The molecule has 1 rings (SSSR count). The van der Waals surface area contributed by atoms with Crippen molar-refractivity contribution in [3.63, 3.8) is 0 Å². The van der Waals surface area contributed by atoms with Crippen LogP contribution in [0.1, 0.15) is 20.8 Å². The highest BCUT2D eigenvalue weighted by molar-refractivity contribution is 7.91. The van der Waals surface area contributed by atoms with Gasteiger partial charge in [0.15, 0.2) is 9.84 Å². The predicted molar refractivity (Wildman–Crippen MR) is 69.3 cm³/mol. The molecule has 0 bridgehead atoms. The Balaban J connectivity index is 3.14. The molecule has 1 aromatic rings. The second kappa shape index (κ2) is 5.39. The highest BCUT2D eigenvalue weighted by atomic mass is 32.2. The Morgan fingerprint density at radius 1 is 1.39 bits per heavy atom. The van der Waals surface area contributed by atoms with E-state index in [1.54, 1.807) is 13.8 Å². The minimum atomic E-state index is -3.36. The van der Waals surface area contributed by atoms with E-state index in [4.69, 9.17) is 0 Å². The number of amides is 1. The third kappa shape index (κ3) is 3.22. The van der Waals surface area contributed by atoms with E-state index in [-0.39, 0.29) is 33.9 Å². The minimum Gasteiger partial charge on any atom is -0.506 e. The van der Waals surface area contributed by atoms with Crippen molar-refractivity contribution in [3.05, 3.63) is 18.2 Å². The van der Waals surface area contributed by atoms with E-state index in [0.717, 1.165) is 0 Å². The number of nitrogens with one attached hydrogen (secondary N) is 1. The monoisotopic (exact) mass is 271 g/mol. The molecule has 2 N–H and O–H groups in total. The molecule has 0 aromatic heterocycles. The van der Waals surface area contributed by atoms with Crippen molar-refractivity contribution in [1.29, 1.82) is 0 Å². The molecule has 0 atom stereocenters. The third-order valence-corrected chi connectivity index (χ3v) is 4.22. The normalized spacial score (nSPS) is 11.6. The van der Waals surface area contributed by atoms with Crippen LogP contribution in [0.3, 0.4) is 0 Å². The maximum absolute atomic E-state index is 11.7. The van der Waals surface area contributed by atoms with Crippen molar-refractivity contribution in [2.45, 2.75) is 25.7 Å². The summed E-state index contributed by atoms with van der Waals surface area (Å²) < 4.78 is 23.4. The molecule has 0 radical (unpaired) electrons. The second-order valence-corrected chi connectivity index (χ2v) is 6.50. The van der Waals surface area contributed by atoms with Gasteiger partial charge in [0, 0.05) is 5.92 Å². The van der Waals surface area contributed by atoms with E-state index in [0.29, 0.717) is 0 Å². The zero-order valence-electron chi connectivity index (χ0n) is 10.6. The summed E-state index contributed by atoms with van der Waals surface area (Å²) in [5, 5.41) is 12.1. The number of hydrogen-bond acceptors (Lipinski definition) is 4. The molecule has 6 heteroatoms. The molecule has 0 aliphatic rings. The van der Waals surface area contributed by atoms with Gasteiger partial charge in [0.1, 0.15) is 5.75 Å². The molecular formula is C12H17NO4S. The van der Waals surface area contributed by atoms with Gasteiger partial charge in [0.2, 0.25) is 5.91 Å². The van der Waals surface area contributed by atoms with Crippen LogP contribution in [0.5, 0.6) is 5.75 Å². The summed E-state index contributed by atoms with van der Waals surface area (Å²) in [6, 6.07) is 3.85. The second-order valence-electron chi connectivity index (χ2n) is 4.23. The maximum Gasteiger partial charge on any atom is 0.227 e. The lowest BCUT2D eigenvalue weighted by atomic mass is 10.2. The Hall–Kier alpha value is -1.56. The standard InChI is InChI=1S/C12H17NO4S/c1-4-18(16,17)9-5-6-11(14)10(7-9)13-12(15)8(2)3/h5-8,14H,4H2,1-3H3,(H,13,15). The topological polar surface area (TPSA) is 83.5 Å². The first kappa shape index (κ1) is 14.5. The van der Waals surface area contributed by atoms with Crippen molar-refractivity contribution in [2.75, 3.05) is 11.1 Å². The van der Waals surface area contributed by atoms with Crippen molar-refractivity contribution in [2.24, 2.45) is 5.92 Å². The van der Waals surface area contributed by atoms with E-state index in [1.165, 1.54) is 25.1 Å². The summed E-state index contributed by atoms with van der Waals surface area (Å²) in [6.07, 6.45) is 0. The first-order chi connectivity index (χ1) is 8.27. The van der Waals surface area contributed by atoms with Gasteiger partial charge < -0.3 is 10.4 Å². The Labute approximate surface area is 107 Å². The van der Waals surface area contributed by atoms with Gasteiger partial charge in [-0.15, -0.1) is 0 Å². The summed E-state index contributed by atoms with van der Waals surface area (Å²) in [5.74, 6) is -0.721. The minimum absolute atomic E-state index is 0.0324. The van der Waals surface area contributed by atoms with Crippen molar-refractivity contribution in [1.82, 2.24) is 0 Å². The molecule has 0 heterocycles. The highest BCUT2D eigenvalue weighted by Crippen LogP contribution is 2.27. The van der Waals surface area contributed by atoms with Crippen molar-refractivity contribution >= 4 is 21.4 Å². The van der Waals surface area contributed by atoms with Crippen LogP contribution in [0.25, 0.3) is 0 Å². The van der Waals surface area contributed by atoms with Crippen LogP contribution in [0.15, 0.2) is 23.1 Å². The summed E-state index contributed by atoms with van der Waals surface area (Å²) in [5.41, 5.74) is 0.114. The third-order valence-electron chi connectivity index (χ3n) is 2.49. The predicted octanol–water partition coefficient (Wildman–Crippen LogP) is 1.78. The van der Waals surface area contributed by atoms with Gasteiger partial charge in [-0.3, -0.25) is 4.79 Å². The zero-order chi connectivity index (χ0) is 13.9. The smallest absolute Gasteiger partial charge is 0.227 e. The number of phenolic OH excluding ortho intramolecular Hbond substituents is 1. The summed E-state index contributed by atoms with van der Waals surface area (Å²) in [7, 11) is -3.36. The van der Waals surface area contributed by atoms with Crippen LogP contribution in [0, 0.1) is 5.92 Å². The number of aromatic hydroxyl groups is 1. The lowest BCUT2D eigenvalue weighted by Crippen LogP contribution is -2.18. The van der Waals surface area contributed by atoms with Gasteiger partial charge in [-0.25, -0.2) is 8.42 Å². The molecule has 1 aromatic carbocycles. The molecule has 0 aliphatic heterocycles. The number of rotatable bonds is 4. The maximum atomic E-state index is 11.7. The molecule has 0 unspecified atom stereocenters. The number of phenols is 1. The van der Waals surface area contributed by atoms with Gasteiger partial charge in [0.25, 0.3) is 0 Å². The Bertz CT molecular complexity index is 549. The van der Waals surface area contributed by atoms with Gasteiger partial charge >= 0.3 is 0 Å². The summed E-state index contributed by atoms with van der Waals surface area (Å²) in [4.78, 5) is 11.6. The molecule has 0 saturated carbocycles. The molecule has 100 valence electrons. The van der Waals surface area contributed by atoms with Crippen LogP contribution < -0.4 is 5.32 Å². The molecular weight excluding hydrogens is 254 g/mol. The fourth-order valence-corrected chi connectivity index (χ4v) is 2.16. The number of carbonyl (C=O) groups is 1. The van der Waals surface area contributed by atoms with Crippen LogP contribution in [-0.4, -0.2) is 25.2 Å². The molecule has 5 nitrogen and oxygen atoms in total. The first-order valence-corrected chi connectivity index (χ1v) is 7.29. The van der Waals surface area contributed by atoms with Gasteiger partial charge in [-0.1, -0.05) is 20.8 Å². The van der Waals surface area contributed by atoms with E-state index in [2.05, 4.69) is 5.32 Å². The Morgan fingerprint density at radius 3 is 2.50 bits per heavy atom. The molecule has 1 amide bonds. The SMILES string of the molecule is CCS(=O)(=O)c1ccc(O)c(NC(=O)C(C)C)c1. The quantitative estimate of drug-likeness (QED) is 0.818. The summed E-state index contributed by atoms with van der Waals surface area (Å²) in [6.45, 7) is 4.95. The van der Waals surface area contributed by atoms with Crippen LogP contribution in [-0.2, 0) is 14.6 Å². The number of anilines is 1. The van der Waals surface area contributed by atoms with Gasteiger partial charge in [-0.2, -0.15) is 0 Å². The van der Waals surface area contributed by atoms with Crippen LogP contribution in [0.4, 0.5) is 5.69 Å². The van der Waals surface area contributed by atoms with Crippen molar-refractivity contribution < 1.29 is 18.3 Å². The molecule has 0 spiro atoms. The molecule has 0 fully saturated rings. The zero-order valence-corrected chi connectivity index (χ0v) is 11.4. The van der Waals surface area contributed by atoms with E-state index in [1.807, 2.05) is 0 Å². The highest BCUT2D eigenvalue weighted by Gasteiger charge is 2.16. The lowest BCUT2D eigenvalue weighted by Gasteiger charge is -2.11. The largest absolute Gasteiger partial charge is 0.506 e. The Morgan fingerprint density at radius 2 is 2.00 bits per heavy atom. The van der Waals surface area contributed by atoms with E-state index >= 15 is 0 Å². The number of hydrogen-bond donors (Lipinski definition) is 2. The average Bonchev–Trinajstić information content (AvgIpc) is 2.31. The number of sulfone groups is 1. The van der Waals surface area contributed by atoms with Crippen LogP contribution >= 0.6 is 0 Å². The average molecular weight is 271 g/mol. The number of benzene rings is 1. The van der Waals surface area contributed by atoms with E-state index in [9.17, 15) is 18.3 Å². The summed E-state index contributed by atoms with van der Waals surface area (Å²) >= 11 is 0. The fraction of sp³-hybridized carbons (Fsp3) is 0.417. The lowest BCUT2D eigenvalue weighted by molar-refractivity contribution is -0.118. The number of carbonyl (C=O) groups excluding carboxylic acids is 1. The Kier molecular flexibility index (Phi) is 4.34. The first-order valence-electron chi connectivity index (χ1n) is 5.64. The molecule has 0 saturated heterocycles. The van der Waals surface area contributed by atoms with Crippen molar-refractivity contribution in [3.8, 4) is 5.75 Å². The van der Waals surface area contributed by atoms with Crippen LogP contribution in [0.2, 0.25) is 0 Å². The van der Waals surface area contributed by atoms with Gasteiger partial charge in [0.05, 0.1) is 16.3 Å².